The average Bonchev–Trinajstić information content (AvgIpc) is 2.56. The molecular formula is C20H29NO. The summed E-state index contributed by atoms with van der Waals surface area (Å²) in [5, 5.41) is 0. The van der Waals surface area contributed by atoms with E-state index >= 15 is 0 Å². The summed E-state index contributed by atoms with van der Waals surface area (Å²) in [4.78, 5) is 2.37. The van der Waals surface area contributed by atoms with Crippen molar-refractivity contribution in [2.24, 2.45) is 5.92 Å². The monoisotopic (exact) mass is 299 g/mol. The van der Waals surface area contributed by atoms with E-state index in [1.165, 1.54) is 44.1 Å². The van der Waals surface area contributed by atoms with Gasteiger partial charge in [-0.05, 0) is 44.7 Å². The van der Waals surface area contributed by atoms with Crippen LogP contribution in [-0.4, -0.2) is 37.7 Å². The Kier molecular flexibility index (Phi) is 5.69. The first-order valence-electron chi connectivity index (χ1n) is 8.86. The van der Waals surface area contributed by atoms with Gasteiger partial charge in [0.1, 0.15) is 0 Å². The lowest BCUT2D eigenvalue weighted by Crippen LogP contribution is -2.32. The van der Waals surface area contributed by atoms with Gasteiger partial charge in [0.25, 0.3) is 0 Å². The molecule has 0 N–H and O–H groups in total. The quantitative estimate of drug-likeness (QED) is 0.726. The molecule has 1 fully saturated rings. The van der Waals surface area contributed by atoms with Crippen molar-refractivity contribution in [3.05, 3.63) is 47.6 Å². The third kappa shape index (κ3) is 4.21. The molecule has 2 atom stereocenters. The molecule has 0 aromatic heterocycles. The maximum atomic E-state index is 6.21. The zero-order valence-electron chi connectivity index (χ0n) is 13.8. The first-order valence-corrected chi connectivity index (χ1v) is 8.86. The molecule has 120 valence electrons. The van der Waals surface area contributed by atoms with Crippen LogP contribution in [0.3, 0.4) is 0 Å². The van der Waals surface area contributed by atoms with E-state index in [2.05, 4.69) is 48.4 Å². The molecule has 1 saturated carbocycles. The molecule has 2 nitrogen and oxygen atoms in total. The lowest BCUT2D eigenvalue weighted by Gasteiger charge is -2.33. The number of rotatable bonds is 6. The van der Waals surface area contributed by atoms with E-state index in [-0.39, 0.29) is 0 Å². The van der Waals surface area contributed by atoms with Crippen LogP contribution in [0.15, 0.2) is 47.6 Å². The van der Waals surface area contributed by atoms with Gasteiger partial charge in [0, 0.05) is 19.0 Å². The standard InChI is InChI=1S/C20H29NO/c1-21(16-17-8-3-2-4-9-17)14-15-22-20-13-7-11-18-10-5-6-12-19(18)20/h3,7-9,11,13,19-20H,2,4-6,10,12,14-16H2,1H3. The molecule has 22 heavy (non-hydrogen) atoms. The first-order chi connectivity index (χ1) is 10.8. The van der Waals surface area contributed by atoms with Gasteiger partial charge in [0.05, 0.1) is 12.7 Å². The van der Waals surface area contributed by atoms with Crippen LogP contribution in [0, 0.1) is 5.92 Å². The smallest absolute Gasteiger partial charge is 0.0824 e. The maximum absolute atomic E-state index is 6.21. The Morgan fingerprint density at radius 1 is 1.27 bits per heavy atom. The summed E-state index contributed by atoms with van der Waals surface area (Å²) in [6.07, 6.45) is 21.7. The Morgan fingerprint density at radius 2 is 2.23 bits per heavy atom. The predicted octanol–water partition coefficient (Wildman–Crippen LogP) is 4.27. The van der Waals surface area contributed by atoms with Gasteiger partial charge < -0.3 is 4.74 Å². The van der Waals surface area contributed by atoms with Gasteiger partial charge in [0.2, 0.25) is 0 Å². The Labute approximate surface area is 135 Å². The summed E-state index contributed by atoms with van der Waals surface area (Å²) in [5.74, 6) is 0.646. The topological polar surface area (TPSA) is 12.5 Å². The SMILES string of the molecule is CN(CCOC1C=CC=C2CCCCC21)CC1=CCCC=C1. The minimum atomic E-state index is 0.308. The van der Waals surface area contributed by atoms with Gasteiger partial charge in [0.15, 0.2) is 0 Å². The van der Waals surface area contributed by atoms with Crippen molar-refractivity contribution in [1.29, 1.82) is 0 Å². The van der Waals surface area contributed by atoms with Crippen molar-refractivity contribution in [1.82, 2.24) is 4.90 Å². The molecule has 0 aliphatic heterocycles. The second-order valence-electron chi connectivity index (χ2n) is 6.81. The average molecular weight is 299 g/mol. The van der Waals surface area contributed by atoms with Crippen LogP contribution in [-0.2, 0) is 4.74 Å². The van der Waals surface area contributed by atoms with Crippen molar-refractivity contribution >= 4 is 0 Å². The summed E-state index contributed by atoms with van der Waals surface area (Å²) >= 11 is 0. The van der Waals surface area contributed by atoms with Gasteiger partial charge in [-0.15, -0.1) is 0 Å². The van der Waals surface area contributed by atoms with Gasteiger partial charge in [-0.1, -0.05) is 48.5 Å². The highest BCUT2D eigenvalue weighted by Crippen LogP contribution is 2.35. The van der Waals surface area contributed by atoms with Crippen LogP contribution in [0.2, 0.25) is 0 Å². The van der Waals surface area contributed by atoms with Crippen LogP contribution >= 0.6 is 0 Å². The summed E-state index contributed by atoms with van der Waals surface area (Å²) < 4.78 is 6.21. The van der Waals surface area contributed by atoms with E-state index in [0.717, 1.165) is 19.7 Å². The van der Waals surface area contributed by atoms with Crippen molar-refractivity contribution in [2.75, 3.05) is 26.7 Å². The molecule has 3 aliphatic rings. The third-order valence-electron chi connectivity index (χ3n) is 5.02. The van der Waals surface area contributed by atoms with Crippen molar-refractivity contribution in [3.8, 4) is 0 Å². The highest BCUT2D eigenvalue weighted by atomic mass is 16.5. The molecule has 3 aliphatic carbocycles. The fourth-order valence-electron chi connectivity index (χ4n) is 3.76. The van der Waals surface area contributed by atoms with Gasteiger partial charge in [-0.2, -0.15) is 0 Å². The van der Waals surface area contributed by atoms with E-state index in [4.69, 9.17) is 4.74 Å². The minimum Gasteiger partial charge on any atom is -0.372 e. The van der Waals surface area contributed by atoms with Crippen LogP contribution in [0.1, 0.15) is 38.5 Å². The van der Waals surface area contributed by atoms with E-state index in [1.807, 2.05) is 0 Å². The van der Waals surface area contributed by atoms with E-state index in [0.29, 0.717) is 12.0 Å². The summed E-state index contributed by atoms with van der Waals surface area (Å²) in [6.45, 7) is 2.86. The third-order valence-corrected chi connectivity index (χ3v) is 5.02. The fraction of sp³-hybridized carbons (Fsp3) is 0.600. The fourth-order valence-corrected chi connectivity index (χ4v) is 3.76. The summed E-state index contributed by atoms with van der Waals surface area (Å²) in [5.41, 5.74) is 3.06. The lowest BCUT2D eigenvalue weighted by molar-refractivity contribution is 0.0367. The second-order valence-corrected chi connectivity index (χ2v) is 6.81. The molecule has 0 saturated heterocycles. The molecule has 0 aromatic rings. The molecule has 0 radical (unpaired) electrons. The van der Waals surface area contributed by atoms with Crippen molar-refractivity contribution < 1.29 is 4.74 Å². The van der Waals surface area contributed by atoms with Gasteiger partial charge in [-0.3, -0.25) is 4.90 Å². The molecule has 0 bridgehead atoms. The Morgan fingerprint density at radius 3 is 3.09 bits per heavy atom. The molecule has 2 unspecified atom stereocenters. The largest absolute Gasteiger partial charge is 0.372 e. The van der Waals surface area contributed by atoms with Crippen molar-refractivity contribution in [2.45, 2.75) is 44.6 Å². The number of hydrogen-bond donors (Lipinski definition) is 0. The Hall–Kier alpha value is -1.12. The number of fused-ring (bicyclic) bond motifs is 1. The molecule has 0 spiro atoms. The minimum absolute atomic E-state index is 0.308. The van der Waals surface area contributed by atoms with Crippen LogP contribution in [0.4, 0.5) is 0 Å². The summed E-state index contributed by atoms with van der Waals surface area (Å²) in [6, 6.07) is 0. The molecule has 3 rings (SSSR count). The van der Waals surface area contributed by atoms with Crippen LogP contribution < -0.4 is 0 Å². The normalized spacial score (nSPS) is 27.5. The molecule has 2 heteroatoms. The van der Waals surface area contributed by atoms with Crippen molar-refractivity contribution in [3.63, 3.8) is 0 Å². The number of allylic oxidation sites excluding steroid dienone is 4. The Balaban J connectivity index is 1.41. The highest BCUT2D eigenvalue weighted by molar-refractivity contribution is 5.25. The van der Waals surface area contributed by atoms with Crippen LogP contribution in [0.5, 0.6) is 0 Å². The maximum Gasteiger partial charge on any atom is 0.0824 e. The van der Waals surface area contributed by atoms with E-state index in [9.17, 15) is 0 Å². The van der Waals surface area contributed by atoms with E-state index < -0.39 is 0 Å². The zero-order valence-corrected chi connectivity index (χ0v) is 13.8. The number of nitrogens with zero attached hydrogens (tertiary/aromatic N) is 1. The lowest BCUT2D eigenvalue weighted by atomic mass is 9.78. The predicted molar refractivity (Wildman–Crippen MR) is 92.9 cm³/mol. The van der Waals surface area contributed by atoms with Gasteiger partial charge in [-0.25, -0.2) is 0 Å². The molecule has 0 amide bonds. The molecule has 0 aromatic carbocycles. The number of likely N-dealkylation sites (N-methyl/N-ethyl adjacent to an activating group) is 1. The molecular weight excluding hydrogens is 270 g/mol. The number of hydrogen-bond acceptors (Lipinski definition) is 2. The zero-order chi connectivity index (χ0) is 15.2. The van der Waals surface area contributed by atoms with E-state index in [1.54, 1.807) is 5.57 Å². The number of ether oxygens (including phenoxy) is 1. The second kappa shape index (κ2) is 7.94. The van der Waals surface area contributed by atoms with Gasteiger partial charge >= 0.3 is 0 Å². The Bertz CT molecular complexity index is 486. The highest BCUT2D eigenvalue weighted by Gasteiger charge is 2.27. The first kappa shape index (κ1) is 15.8. The molecule has 0 heterocycles. The summed E-state index contributed by atoms with van der Waals surface area (Å²) in [7, 11) is 2.19. The van der Waals surface area contributed by atoms with Crippen LogP contribution in [0.25, 0.3) is 0 Å².